The highest BCUT2D eigenvalue weighted by molar-refractivity contribution is 5.63. The molecule has 1 atom stereocenters. The SMILES string of the molecule is COc1cc(OC)c([C@@H]2C(C#N)=C(N)Oc3n[nH]c(C(C)C)c32)c(OC)c1. The van der Waals surface area contributed by atoms with Gasteiger partial charge in [0.2, 0.25) is 11.8 Å². The summed E-state index contributed by atoms with van der Waals surface area (Å²) in [5, 5.41) is 17.1. The van der Waals surface area contributed by atoms with Crippen molar-refractivity contribution >= 4 is 0 Å². The summed E-state index contributed by atoms with van der Waals surface area (Å²) >= 11 is 0. The van der Waals surface area contributed by atoms with Gasteiger partial charge >= 0.3 is 0 Å². The van der Waals surface area contributed by atoms with Gasteiger partial charge in [-0.3, -0.25) is 5.10 Å². The third kappa shape index (κ3) is 2.91. The maximum atomic E-state index is 9.81. The maximum Gasteiger partial charge on any atom is 0.244 e. The van der Waals surface area contributed by atoms with E-state index < -0.39 is 5.92 Å². The van der Waals surface area contributed by atoms with Crippen LogP contribution in [-0.2, 0) is 0 Å². The van der Waals surface area contributed by atoms with E-state index in [1.165, 1.54) is 0 Å². The second-order valence-corrected chi connectivity index (χ2v) is 6.38. The van der Waals surface area contributed by atoms with Crippen LogP contribution in [0.3, 0.4) is 0 Å². The number of fused-ring (bicyclic) bond motifs is 1. The quantitative estimate of drug-likeness (QED) is 0.831. The lowest BCUT2D eigenvalue weighted by atomic mass is 9.81. The van der Waals surface area contributed by atoms with Crippen LogP contribution in [0.4, 0.5) is 0 Å². The van der Waals surface area contributed by atoms with E-state index in [2.05, 4.69) is 16.3 Å². The molecule has 0 spiro atoms. The summed E-state index contributed by atoms with van der Waals surface area (Å²) in [7, 11) is 4.66. The molecule has 0 bridgehead atoms. The fourth-order valence-corrected chi connectivity index (χ4v) is 3.31. The molecule has 0 amide bonds. The Kier molecular flexibility index (Phi) is 4.86. The smallest absolute Gasteiger partial charge is 0.244 e. The number of hydrogen-bond donors (Lipinski definition) is 2. The second kappa shape index (κ2) is 7.11. The third-order valence-corrected chi connectivity index (χ3v) is 4.59. The van der Waals surface area contributed by atoms with Gasteiger partial charge in [-0.25, -0.2) is 0 Å². The predicted molar refractivity (Wildman–Crippen MR) is 98.1 cm³/mol. The van der Waals surface area contributed by atoms with E-state index >= 15 is 0 Å². The number of nitrogens with zero attached hydrogens (tertiary/aromatic N) is 2. The molecule has 142 valence electrons. The molecule has 27 heavy (non-hydrogen) atoms. The molecule has 8 nitrogen and oxygen atoms in total. The van der Waals surface area contributed by atoms with E-state index in [9.17, 15) is 5.26 Å². The molecular formula is C19H22N4O4. The molecule has 1 aromatic carbocycles. The zero-order valence-corrected chi connectivity index (χ0v) is 15.9. The van der Waals surface area contributed by atoms with Crippen molar-refractivity contribution in [3.05, 3.63) is 40.4 Å². The number of nitriles is 1. The van der Waals surface area contributed by atoms with Gasteiger partial charge < -0.3 is 24.7 Å². The van der Waals surface area contributed by atoms with Crippen molar-refractivity contribution in [3.63, 3.8) is 0 Å². The average Bonchev–Trinajstić information content (AvgIpc) is 3.09. The maximum absolute atomic E-state index is 9.81. The number of rotatable bonds is 5. The molecule has 3 rings (SSSR count). The first-order chi connectivity index (χ1) is 13.0. The molecule has 0 fully saturated rings. The van der Waals surface area contributed by atoms with Crippen molar-refractivity contribution in [1.29, 1.82) is 5.26 Å². The first-order valence-electron chi connectivity index (χ1n) is 8.42. The van der Waals surface area contributed by atoms with Crippen LogP contribution < -0.4 is 24.7 Å². The molecule has 2 heterocycles. The van der Waals surface area contributed by atoms with Crippen LogP contribution in [0.1, 0.15) is 42.5 Å². The Hall–Kier alpha value is -3.34. The fraction of sp³-hybridized carbons (Fsp3) is 0.368. The minimum absolute atomic E-state index is 0.0109. The molecule has 1 aliphatic heterocycles. The Morgan fingerprint density at radius 3 is 2.26 bits per heavy atom. The van der Waals surface area contributed by atoms with E-state index in [4.69, 9.17) is 24.7 Å². The summed E-state index contributed by atoms with van der Waals surface area (Å²) < 4.78 is 22.1. The molecule has 1 aliphatic rings. The number of hydrogen-bond acceptors (Lipinski definition) is 7. The van der Waals surface area contributed by atoms with Crippen LogP contribution in [0.15, 0.2) is 23.6 Å². The topological polar surface area (TPSA) is 115 Å². The van der Waals surface area contributed by atoms with Gasteiger partial charge in [0, 0.05) is 23.4 Å². The van der Waals surface area contributed by atoms with Crippen molar-refractivity contribution in [2.75, 3.05) is 21.3 Å². The van der Waals surface area contributed by atoms with Crippen LogP contribution in [0.2, 0.25) is 0 Å². The number of aromatic nitrogens is 2. The number of benzene rings is 1. The van der Waals surface area contributed by atoms with Gasteiger partial charge in [0.05, 0.1) is 32.8 Å². The van der Waals surface area contributed by atoms with Gasteiger partial charge in [-0.15, -0.1) is 5.10 Å². The van der Waals surface area contributed by atoms with Crippen molar-refractivity contribution < 1.29 is 18.9 Å². The van der Waals surface area contributed by atoms with E-state index in [-0.39, 0.29) is 17.4 Å². The Morgan fingerprint density at radius 1 is 1.15 bits per heavy atom. The molecule has 0 saturated heterocycles. The van der Waals surface area contributed by atoms with Crippen LogP contribution in [0.25, 0.3) is 0 Å². The summed E-state index contributed by atoms with van der Waals surface area (Å²) in [6.07, 6.45) is 0. The number of ether oxygens (including phenoxy) is 4. The van der Waals surface area contributed by atoms with Gasteiger partial charge in [-0.1, -0.05) is 13.8 Å². The average molecular weight is 370 g/mol. The molecule has 2 aromatic rings. The summed E-state index contributed by atoms with van der Waals surface area (Å²) in [5.74, 6) is 1.54. The molecule has 3 N–H and O–H groups in total. The first kappa shape index (κ1) is 18.5. The largest absolute Gasteiger partial charge is 0.496 e. The Morgan fingerprint density at radius 2 is 1.78 bits per heavy atom. The zero-order chi connectivity index (χ0) is 19.7. The monoisotopic (exact) mass is 370 g/mol. The fourth-order valence-electron chi connectivity index (χ4n) is 3.31. The summed E-state index contributed by atoms with van der Waals surface area (Å²) in [6, 6.07) is 5.66. The third-order valence-electron chi connectivity index (χ3n) is 4.59. The minimum Gasteiger partial charge on any atom is -0.496 e. The summed E-state index contributed by atoms with van der Waals surface area (Å²) in [4.78, 5) is 0. The lowest BCUT2D eigenvalue weighted by Gasteiger charge is -2.27. The van der Waals surface area contributed by atoms with Crippen molar-refractivity contribution in [1.82, 2.24) is 10.2 Å². The number of nitrogens with two attached hydrogens (primary N) is 1. The van der Waals surface area contributed by atoms with E-state index in [1.54, 1.807) is 33.5 Å². The van der Waals surface area contributed by atoms with Gasteiger partial charge in [0.1, 0.15) is 28.9 Å². The Bertz CT molecular complexity index is 915. The molecular weight excluding hydrogens is 348 g/mol. The molecule has 8 heteroatoms. The lowest BCUT2D eigenvalue weighted by molar-refractivity contribution is 0.358. The number of methoxy groups -OCH3 is 3. The molecule has 0 aliphatic carbocycles. The number of aromatic amines is 1. The lowest BCUT2D eigenvalue weighted by Crippen LogP contribution is -2.22. The summed E-state index contributed by atoms with van der Waals surface area (Å²) in [6.45, 7) is 4.06. The Labute approximate surface area is 157 Å². The van der Waals surface area contributed by atoms with Crippen LogP contribution in [0, 0.1) is 11.3 Å². The van der Waals surface area contributed by atoms with Gasteiger partial charge in [-0.05, 0) is 5.92 Å². The first-order valence-corrected chi connectivity index (χ1v) is 8.42. The molecule has 0 radical (unpaired) electrons. The minimum atomic E-state index is -0.550. The van der Waals surface area contributed by atoms with Crippen LogP contribution in [0.5, 0.6) is 23.1 Å². The van der Waals surface area contributed by atoms with Gasteiger partial charge in [-0.2, -0.15) is 5.26 Å². The van der Waals surface area contributed by atoms with Crippen molar-refractivity contribution in [3.8, 4) is 29.2 Å². The van der Waals surface area contributed by atoms with E-state index in [0.717, 1.165) is 11.3 Å². The number of H-pyrrole nitrogens is 1. The standard InChI is InChI=1S/C19H22N4O4/c1-9(2)17-16-14(11(8-20)18(21)27-19(16)23-22-17)15-12(25-4)6-10(24-3)7-13(15)26-5/h6-7,9,14H,21H2,1-5H3,(H,22,23)/t14-/m0/s1. The van der Waals surface area contributed by atoms with Crippen LogP contribution >= 0.6 is 0 Å². The Balaban J connectivity index is 2.36. The molecule has 0 saturated carbocycles. The van der Waals surface area contributed by atoms with Gasteiger partial charge in [0.15, 0.2) is 0 Å². The highest BCUT2D eigenvalue weighted by atomic mass is 16.5. The van der Waals surface area contributed by atoms with Crippen molar-refractivity contribution in [2.45, 2.75) is 25.7 Å². The normalized spacial score (nSPS) is 15.8. The highest BCUT2D eigenvalue weighted by Gasteiger charge is 2.39. The number of allylic oxidation sites excluding steroid dienone is 1. The number of nitrogens with one attached hydrogen (secondary N) is 1. The van der Waals surface area contributed by atoms with E-state index in [1.807, 2.05) is 13.8 Å². The van der Waals surface area contributed by atoms with Crippen LogP contribution in [-0.4, -0.2) is 31.5 Å². The van der Waals surface area contributed by atoms with Crippen molar-refractivity contribution in [2.24, 2.45) is 5.73 Å². The molecule has 0 unspecified atom stereocenters. The van der Waals surface area contributed by atoms with E-state index in [0.29, 0.717) is 28.7 Å². The second-order valence-electron chi connectivity index (χ2n) is 6.38. The van der Waals surface area contributed by atoms with Gasteiger partial charge in [0.25, 0.3) is 0 Å². The highest BCUT2D eigenvalue weighted by Crippen LogP contribution is 2.50. The zero-order valence-electron chi connectivity index (χ0n) is 15.9. The molecule has 1 aromatic heterocycles. The predicted octanol–water partition coefficient (Wildman–Crippen LogP) is 2.78. The summed E-state index contributed by atoms with van der Waals surface area (Å²) in [5.41, 5.74) is 8.57.